The molecule has 2 heterocycles. The molecule has 1 saturated heterocycles. The SMILES string of the molecule is [2H]c1nc(N2C([2H])([2H])C([2H])([2H])N(C(=O)OC(C)(C)C)C([2H])([2H])C2([2H])[2H])c([2H])c(N)c1[2H]. The molecule has 0 saturated carbocycles. The maximum Gasteiger partial charge on any atom is 0.410 e. The molecular formula is C14H22N4O2. The molecule has 0 aliphatic carbocycles. The lowest BCUT2D eigenvalue weighted by molar-refractivity contribution is 0.0240. The summed E-state index contributed by atoms with van der Waals surface area (Å²) >= 11 is 0. The number of nitrogen functional groups attached to an aromatic ring is 1. The third-order valence-corrected chi connectivity index (χ3v) is 1.93. The van der Waals surface area contributed by atoms with Crippen LogP contribution in [0.5, 0.6) is 0 Å². The van der Waals surface area contributed by atoms with Crippen LogP contribution >= 0.6 is 0 Å². The van der Waals surface area contributed by atoms with E-state index in [9.17, 15) is 4.79 Å². The van der Waals surface area contributed by atoms with E-state index in [-0.39, 0.29) is 9.80 Å². The van der Waals surface area contributed by atoms with Gasteiger partial charge in [-0.15, -0.1) is 0 Å². The number of hydrogen-bond acceptors (Lipinski definition) is 5. The number of piperazine rings is 1. The highest BCUT2D eigenvalue weighted by molar-refractivity contribution is 5.68. The van der Waals surface area contributed by atoms with Gasteiger partial charge in [-0.25, -0.2) is 9.78 Å². The van der Waals surface area contributed by atoms with Gasteiger partial charge in [-0.1, -0.05) is 0 Å². The van der Waals surface area contributed by atoms with Crippen LogP contribution in [0.3, 0.4) is 0 Å². The monoisotopic (exact) mass is 289 g/mol. The molecule has 1 aliphatic rings. The molecule has 0 bridgehead atoms. The summed E-state index contributed by atoms with van der Waals surface area (Å²) in [5.74, 6) is -0.995. The van der Waals surface area contributed by atoms with E-state index >= 15 is 0 Å². The Hall–Kier alpha value is -1.98. The van der Waals surface area contributed by atoms with E-state index in [1.807, 2.05) is 0 Å². The molecule has 0 unspecified atom stereocenters. The van der Waals surface area contributed by atoms with Crippen LogP contribution in [0, 0.1) is 0 Å². The number of rotatable bonds is 1. The summed E-state index contributed by atoms with van der Waals surface area (Å²) in [4.78, 5) is 15.7. The van der Waals surface area contributed by atoms with E-state index in [0.717, 1.165) is 0 Å². The Morgan fingerprint density at radius 2 is 2.10 bits per heavy atom. The number of carbonyl (C=O) groups excluding carboxylic acids is 1. The number of nitrogens with zero attached hydrogens (tertiary/aromatic N) is 3. The summed E-state index contributed by atoms with van der Waals surface area (Å²) in [6.45, 7) is -9.91. The van der Waals surface area contributed by atoms with E-state index in [4.69, 9.17) is 25.5 Å². The van der Waals surface area contributed by atoms with Crippen LogP contribution in [0.15, 0.2) is 18.3 Å². The Bertz CT molecular complexity index is 889. The molecule has 0 atom stereocenters. The quantitative estimate of drug-likeness (QED) is 0.852. The zero-order chi connectivity index (χ0) is 24.5. The van der Waals surface area contributed by atoms with Crippen LogP contribution in [0.2, 0.25) is 0 Å². The largest absolute Gasteiger partial charge is 0.444 e. The van der Waals surface area contributed by atoms with Gasteiger partial charge in [0, 0.05) is 43.9 Å². The Morgan fingerprint density at radius 1 is 1.45 bits per heavy atom. The molecule has 0 aromatic carbocycles. The number of pyridine rings is 1. The van der Waals surface area contributed by atoms with Crippen molar-refractivity contribution < 1.29 is 24.6 Å². The highest BCUT2D eigenvalue weighted by Gasteiger charge is 2.26. The minimum atomic E-state index is -3.55. The fourth-order valence-electron chi connectivity index (χ4n) is 1.19. The second-order valence-electron chi connectivity index (χ2n) is 4.81. The first-order valence-electron chi connectivity index (χ1n) is 11.2. The summed E-state index contributed by atoms with van der Waals surface area (Å²) < 4.78 is 94.3. The minimum absolute atomic E-state index is 0.100. The minimum Gasteiger partial charge on any atom is -0.444 e. The maximum atomic E-state index is 12.6. The zero-order valence-electron chi connectivity index (χ0n) is 22.2. The van der Waals surface area contributed by atoms with Crippen molar-refractivity contribution in [2.24, 2.45) is 0 Å². The highest BCUT2D eigenvalue weighted by atomic mass is 16.6. The molecule has 0 spiro atoms. The van der Waals surface area contributed by atoms with Crippen LogP contribution in [-0.4, -0.2) is 47.6 Å². The molecule has 2 N–H and O–H groups in total. The van der Waals surface area contributed by atoms with Gasteiger partial charge in [-0.3, -0.25) is 0 Å². The van der Waals surface area contributed by atoms with Crippen LogP contribution in [0.25, 0.3) is 0 Å². The van der Waals surface area contributed by atoms with Gasteiger partial charge in [-0.2, -0.15) is 0 Å². The predicted molar refractivity (Wildman–Crippen MR) is 78.7 cm³/mol. The standard InChI is InChI=1S/C14H22N4O2/c1-14(2,3)20-13(19)18-8-6-17(7-9-18)12-10-11(15)4-5-16-12/h4-5,10H,6-9H2,1-3H3,(H2,15,16)/i4D,5D,6D2,7D2,8D2,9D2,10D. The molecule has 20 heavy (non-hydrogen) atoms. The first-order chi connectivity index (χ1) is 13.6. The van der Waals surface area contributed by atoms with Gasteiger partial charge in [-0.05, 0) is 26.8 Å². The molecule has 6 heteroatoms. The molecule has 1 aromatic rings. The average molecular weight is 289 g/mol. The van der Waals surface area contributed by atoms with Crippen molar-refractivity contribution in [1.82, 2.24) is 9.88 Å². The van der Waals surface area contributed by atoms with E-state index < -0.39 is 67.4 Å². The van der Waals surface area contributed by atoms with Gasteiger partial charge in [0.05, 0.1) is 15.1 Å². The summed E-state index contributed by atoms with van der Waals surface area (Å²) in [7, 11) is 0. The van der Waals surface area contributed by atoms with Crippen LogP contribution in [0.4, 0.5) is 16.3 Å². The number of nitrogens with two attached hydrogens (primary N) is 1. The second kappa shape index (κ2) is 5.56. The lowest BCUT2D eigenvalue weighted by Crippen LogP contribution is -2.50. The molecule has 0 radical (unpaired) electrons. The predicted octanol–water partition coefficient (Wildman–Crippen LogP) is 1.72. The summed E-state index contributed by atoms with van der Waals surface area (Å²) in [5.41, 5.74) is 3.69. The lowest BCUT2D eigenvalue weighted by atomic mass is 10.2. The van der Waals surface area contributed by atoms with Gasteiger partial charge in [0.15, 0.2) is 0 Å². The van der Waals surface area contributed by atoms with Gasteiger partial charge in [0.2, 0.25) is 0 Å². The fourth-order valence-corrected chi connectivity index (χ4v) is 1.19. The molecule has 1 amide bonds. The molecule has 2 rings (SSSR count). The van der Waals surface area contributed by atoms with Crippen molar-refractivity contribution in [1.29, 1.82) is 0 Å². The molecule has 6 nitrogen and oxygen atoms in total. The number of amides is 1. The summed E-state index contributed by atoms with van der Waals surface area (Å²) in [5, 5.41) is 0. The Balaban J connectivity index is 2.82. The normalized spacial score (nSPS) is 34.2. The molecule has 1 aliphatic heterocycles. The van der Waals surface area contributed by atoms with Gasteiger partial charge < -0.3 is 20.3 Å². The van der Waals surface area contributed by atoms with E-state index in [1.54, 1.807) is 0 Å². The fraction of sp³-hybridized carbons (Fsp3) is 0.571. The summed E-state index contributed by atoms with van der Waals surface area (Å²) in [6.07, 6.45) is -2.50. The van der Waals surface area contributed by atoms with Gasteiger partial charge >= 0.3 is 6.09 Å². The van der Waals surface area contributed by atoms with Gasteiger partial charge in [0.1, 0.15) is 11.4 Å². The molecular weight excluding hydrogens is 256 g/mol. The topological polar surface area (TPSA) is 71.7 Å². The zero-order valence-corrected chi connectivity index (χ0v) is 11.2. The van der Waals surface area contributed by atoms with Crippen molar-refractivity contribution in [2.45, 2.75) is 26.4 Å². The number of anilines is 2. The first kappa shape index (κ1) is 5.79. The van der Waals surface area contributed by atoms with Crippen LogP contribution < -0.4 is 10.6 Å². The van der Waals surface area contributed by atoms with E-state index in [2.05, 4.69) is 4.98 Å². The Morgan fingerprint density at radius 3 is 2.70 bits per heavy atom. The number of hydrogen-bond donors (Lipinski definition) is 1. The Kier molecular flexibility index (Phi) is 1.61. The number of ether oxygens (including phenoxy) is 1. The number of carbonyl (C=O) groups is 1. The summed E-state index contributed by atoms with van der Waals surface area (Å²) in [6, 6.07) is -1.58. The molecule has 1 aromatic heterocycles. The van der Waals surface area contributed by atoms with Crippen LogP contribution in [-0.2, 0) is 4.74 Å². The third-order valence-electron chi connectivity index (χ3n) is 1.93. The number of aromatic nitrogens is 1. The van der Waals surface area contributed by atoms with Crippen LogP contribution in [0.1, 0.15) is 35.8 Å². The lowest BCUT2D eigenvalue weighted by Gasteiger charge is -2.36. The average Bonchev–Trinajstić information content (AvgIpc) is 2.53. The van der Waals surface area contributed by atoms with Crippen molar-refractivity contribution in [3.63, 3.8) is 0 Å². The maximum absolute atomic E-state index is 12.6. The Labute approximate surface area is 135 Å². The first-order valence-corrected chi connectivity index (χ1v) is 5.69. The van der Waals surface area contributed by atoms with Crippen molar-refractivity contribution in [3.05, 3.63) is 18.3 Å². The van der Waals surface area contributed by atoms with E-state index in [1.165, 1.54) is 20.8 Å². The van der Waals surface area contributed by atoms with Gasteiger partial charge in [0.25, 0.3) is 0 Å². The van der Waals surface area contributed by atoms with E-state index in [0.29, 0.717) is 0 Å². The van der Waals surface area contributed by atoms with Crippen molar-refractivity contribution in [3.8, 4) is 0 Å². The van der Waals surface area contributed by atoms with Crippen molar-refractivity contribution in [2.75, 3.05) is 36.6 Å². The highest BCUT2D eigenvalue weighted by Crippen LogP contribution is 2.17. The molecule has 110 valence electrons. The molecule has 1 fully saturated rings. The second-order valence-corrected chi connectivity index (χ2v) is 4.81. The third kappa shape index (κ3) is 3.76. The smallest absolute Gasteiger partial charge is 0.410 e. The van der Waals surface area contributed by atoms with Crippen molar-refractivity contribution >= 4 is 17.6 Å².